The summed E-state index contributed by atoms with van der Waals surface area (Å²) in [7, 11) is 0. The Hall–Kier alpha value is -3.86. The van der Waals surface area contributed by atoms with Crippen molar-refractivity contribution in [1.82, 2.24) is 10.3 Å². The van der Waals surface area contributed by atoms with Gasteiger partial charge in [0.1, 0.15) is 18.2 Å². The molecule has 1 aliphatic rings. The topological polar surface area (TPSA) is 63.2 Å². The third kappa shape index (κ3) is 8.91. The smallest absolute Gasteiger partial charge is 0.258 e. The van der Waals surface area contributed by atoms with Crippen LogP contribution in [0, 0.1) is 5.92 Å². The summed E-state index contributed by atoms with van der Waals surface area (Å²) in [6.07, 6.45) is 21.7. The Morgan fingerprint density at radius 3 is 2.68 bits per heavy atom. The van der Waals surface area contributed by atoms with Crippen molar-refractivity contribution in [3.63, 3.8) is 0 Å². The number of hydrogen-bond donors (Lipinski definition) is 2. The average molecular weight is 514 g/mol. The number of carbonyl (C=O) groups is 1. The van der Waals surface area contributed by atoms with Crippen LogP contribution in [0.4, 0.5) is 5.82 Å². The third-order valence-electron chi connectivity index (χ3n) is 6.48. The van der Waals surface area contributed by atoms with Gasteiger partial charge in [-0.2, -0.15) is 0 Å². The van der Waals surface area contributed by atoms with Gasteiger partial charge in [-0.15, -0.1) is 0 Å². The zero-order valence-corrected chi connectivity index (χ0v) is 23.4. The van der Waals surface area contributed by atoms with Crippen molar-refractivity contribution in [2.45, 2.75) is 52.9 Å². The van der Waals surface area contributed by atoms with E-state index in [0.29, 0.717) is 36.2 Å². The van der Waals surface area contributed by atoms with Gasteiger partial charge in [0.25, 0.3) is 5.91 Å². The first kappa shape index (κ1) is 30.4. The Morgan fingerprint density at radius 1 is 1.24 bits per heavy atom. The molecule has 5 nitrogen and oxygen atoms in total. The lowest BCUT2D eigenvalue weighted by Gasteiger charge is -2.31. The number of anilines is 1. The van der Waals surface area contributed by atoms with E-state index in [1.54, 1.807) is 36.6 Å². The molecule has 0 aliphatic heterocycles. The van der Waals surface area contributed by atoms with E-state index in [0.717, 1.165) is 36.1 Å². The van der Waals surface area contributed by atoms with Crippen molar-refractivity contribution in [3.8, 4) is 0 Å². The summed E-state index contributed by atoms with van der Waals surface area (Å²) in [6, 6.07) is 2.00. The number of pyridine rings is 1. The molecule has 1 heterocycles. The van der Waals surface area contributed by atoms with E-state index in [2.05, 4.69) is 69.4 Å². The van der Waals surface area contributed by atoms with E-state index in [1.165, 1.54) is 5.57 Å². The molecule has 0 saturated carbocycles. The number of rotatable bonds is 14. The van der Waals surface area contributed by atoms with Gasteiger partial charge in [-0.3, -0.25) is 4.79 Å². The molecule has 38 heavy (non-hydrogen) atoms. The first-order chi connectivity index (χ1) is 18.4. The van der Waals surface area contributed by atoms with Crippen molar-refractivity contribution < 1.29 is 9.53 Å². The predicted octanol–water partition coefficient (Wildman–Crippen LogP) is 7.72. The quantitative estimate of drug-likeness (QED) is 0.152. The molecule has 1 aromatic heterocycles. The lowest BCUT2D eigenvalue weighted by atomic mass is 9.76. The summed E-state index contributed by atoms with van der Waals surface area (Å²) in [5.41, 5.74) is 5.05. The first-order valence-electron chi connectivity index (χ1n) is 13.3. The second kappa shape index (κ2) is 16.1. The van der Waals surface area contributed by atoms with E-state index in [4.69, 9.17) is 9.72 Å². The molecule has 1 aromatic rings. The van der Waals surface area contributed by atoms with Crippen LogP contribution in [-0.2, 0) is 11.2 Å². The monoisotopic (exact) mass is 513 g/mol. The zero-order valence-electron chi connectivity index (χ0n) is 23.4. The van der Waals surface area contributed by atoms with E-state index < -0.39 is 0 Å². The van der Waals surface area contributed by atoms with Crippen LogP contribution in [-0.4, -0.2) is 24.0 Å². The minimum Gasteiger partial charge on any atom is -0.492 e. The van der Waals surface area contributed by atoms with E-state index in [-0.39, 0.29) is 11.8 Å². The van der Waals surface area contributed by atoms with Crippen LogP contribution in [0.1, 0.15) is 68.1 Å². The lowest BCUT2D eigenvalue weighted by molar-refractivity contribution is 0.0970. The highest BCUT2D eigenvalue weighted by Crippen LogP contribution is 2.39. The number of carbonyl (C=O) groups excluding carboxylic acids is 1. The minimum atomic E-state index is -0.211. The van der Waals surface area contributed by atoms with Crippen molar-refractivity contribution in [3.05, 3.63) is 120 Å². The summed E-state index contributed by atoms with van der Waals surface area (Å²) < 4.78 is 5.74. The van der Waals surface area contributed by atoms with Crippen molar-refractivity contribution >= 4 is 11.7 Å². The molecule has 5 heteroatoms. The number of ether oxygens (including phenoxy) is 1. The Kier molecular flexibility index (Phi) is 12.8. The van der Waals surface area contributed by atoms with Gasteiger partial charge >= 0.3 is 0 Å². The number of allylic oxidation sites excluding steroid dienone is 11. The van der Waals surface area contributed by atoms with E-state index in [9.17, 15) is 4.79 Å². The predicted molar refractivity (Wildman–Crippen MR) is 161 cm³/mol. The first-order valence-corrected chi connectivity index (χ1v) is 13.3. The van der Waals surface area contributed by atoms with Gasteiger partial charge in [-0.1, -0.05) is 75.6 Å². The van der Waals surface area contributed by atoms with Gasteiger partial charge in [0.2, 0.25) is 0 Å². The molecule has 2 rings (SSSR count). The fourth-order valence-corrected chi connectivity index (χ4v) is 4.41. The maximum absolute atomic E-state index is 13.2. The van der Waals surface area contributed by atoms with E-state index in [1.807, 2.05) is 19.1 Å². The number of amides is 1. The third-order valence-corrected chi connectivity index (χ3v) is 6.48. The summed E-state index contributed by atoms with van der Waals surface area (Å²) in [4.78, 5) is 18.2. The summed E-state index contributed by atoms with van der Waals surface area (Å²) >= 11 is 0. The van der Waals surface area contributed by atoms with Crippen LogP contribution < -0.4 is 10.6 Å². The molecule has 0 fully saturated rings. The van der Waals surface area contributed by atoms with Gasteiger partial charge < -0.3 is 15.4 Å². The fourth-order valence-electron chi connectivity index (χ4n) is 4.41. The number of hydrogen-bond acceptors (Lipinski definition) is 4. The molecular formula is C33H43N3O2. The average Bonchev–Trinajstić information content (AvgIpc) is 2.92. The molecule has 0 aromatic carbocycles. The number of nitrogens with one attached hydrogen (secondary N) is 2. The van der Waals surface area contributed by atoms with Crippen LogP contribution in [0.15, 0.2) is 104 Å². The molecule has 2 atom stereocenters. The second-order valence-electron chi connectivity index (χ2n) is 9.29. The van der Waals surface area contributed by atoms with Crippen molar-refractivity contribution in [1.29, 1.82) is 0 Å². The maximum Gasteiger partial charge on any atom is 0.258 e. The number of aromatic nitrogens is 1. The fraction of sp³-hybridized carbons (Fsp3) is 0.333. The number of nitrogens with zero attached hydrogens (tertiary/aromatic N) is 1. The Bertz CT molecular complexity index is 1150. The van der Waals surface area contributed by atoms with Crippen LogP contribution >= 0.6 is 0 Å². The van der Waals surface area contributed by atoms with Gasteiger partial charge in [0.15, 0.2) is 0 Å². The molecule has 0 bridgehead atoms. The van der Waals surface area contributed by atoms with Gasteiger partial charge in [-0.25, -0.2) is 4.98 Å². The van der Waals surface area contributed by atoms with Gasteiger partial charge in [0, 0.05) is 11.9 Å². The van der Waals surface area contributed by atoms with Crippen LogP contribution in [0.5, 0.6) is 0 Å². The molecular weight excluding hydrogens is 470 g/mol. The van der Waals surface area contributed by atoms with Crippen molar-refractivity contribution in [2.75, 3.05) is 18.5 Å². The van der Waals surface area contributed by atoms with Gasteiger partial charge in [-0.05, 0) is 80.4 Å². The molecule has 1 amide bonds. The highest BCUT2D eigenvalue weighted by atomic mass is 16.5. The SMILES string of the molecule is C=C/C=C(\C=C)OCCNc1nc2c(cc1C(=O)N/C=C/C=C(/C)C=C)C(C)CC(C(/C=C\CC)=C/C)C2. The molecule has 0 saturated heterocycles. The summed E-state index contributed by atoms with van der Waals surface area (Å²) in [6.45, 7) is 20.5. The molecule has 2 N–H and O–H groups in total. The largest absolute Gasteiger partial charge is 0.492 e. The molecule has 202 valence electrons. The van der Waals surface area contributed by atoms with Crippen LogP contribution in [0.3, 0.4) is 0 Å². The minimum absolute atomic E-state index is 0.211. The van der Waals surface area contributed by atoms with E-state index >= 15 is 0 Å². The Labute approximate surface area is 229 Å². The second-order valence-corrected chi connectivity index (χ2v) is 9.29. The highest BCUT2D eigenvalue weighted by molar-refractivity contribution is 5.99. The molecule has 1 aliphatic carbocycles. The van der Waals surface area contributed by atoms with Crippen LogP contribution in [0.2, 0.25) is 0 Å². The summed E-state index contributed by atoms with van der Waals surface area (Å²) in [5.74, 6) is 1.68. The van der Waals surface area contributed by atoms with Crippen LogP contribution in [0.25, 0.3) is 0 Å². The van der Waals surface area contributed by atoms with Crippen molar-refractivity contribution in [2.24, 2.45) is 5.92 Å². The molecule has 0 radical (unpaired) electrons. The standard InChI is InChI=1S/C33H43N3O2/c1-8-13-17-26(11-4)27-21-25(7)29-23-30(33(37)35-18-14-16-24(6)10-3)32(36-31(29)22-27)34-19-20-38-28(12-5)15-9-2/h9-18,23,25,27H,2-3,5,8,19-22H2,1,4,6-7H3,(H,34,36)(H,35,37)/b17-13-,18-14+,24-16-,26-11+,28-15+. The highest BCUT2D eigenvalue weighted by Gasteiger charge is 2.29. The zero-order chi connectivity index (χ0) is 27.9. The summed E-state index contributed by atoms with van der Waals surface area (Å²) in [5, 5.41) is 6.20. The number of fused-ring (bicyclic) bond motifs is 1. The molecule has 2 unspecified atom stereocenters. The Morgan fingerprint density at radius 2 is 2.03 bits per heavy atom. The maximum atomic E-state index is 13.2. The molecule has 0 spiro atoms. The Balaban J connectivity index is 2.34. The van der Waals surface area contributed by atoms with Gasteiger partial charge in [0.05, 0.1) is 12.1 Å². The lowest BCUT2D eigenvalue weighted by Crippen LogP contribution is -2.25. The normalized spacial score (nSPS) is 18.3.